The number of amides is 1. The van der Waals surface area contributed by atoms with E-state index in [9.17, 15) is 24.5 Å². The monoisotopic (exact) mass is 1100 g/mol. The zero-order chi connectivity index (χ0) is 56.4. The number of likely N-dealkylation sites (N-methyl/N-ethyl adjacent to an activating group) is 1. The molecule has 0 radical (unpaired) electrons. The van der Waals surface area contributed by atoms with Gasteiger partial charge in [-0.25, -0.2) is 0 Å². The van der Waals surface area contributed by atoms with Crippen LogP contribution in [0.25, 0.3) is 0 Å². The molecule has 0 saturated heterocycles. The van der Waals surface area contributed by atoms with Gasteiger partial charge in [-0.3, -0.25) is 9.36 Å². The topological polar surface area (TPSA) is 128 Å². The summed E-state index contributed by atoms with van der Waals surface area (Å²) < 4.78 is 23.2. The smallest absolute Gasteiger partial charge is 0.268 e. The standard InChI is InChI=1S/C67H121N2O7P/c1-6-8-10-12-14-16-18-20-21-22-23-24-25-26-27-28-29-30-31-32-33-34-35-36-37-38-39-40-41-42-43-44-45-46-47-48-50-52-54-56-58-60-66(71)68-64(63-76-77(73,74)75-62-61-69(3,4)5)67(72)65(70)59-57-55-53-51-49-19-17-15-13-11-9-7-2/h7-10,14-17,20-21,23-24,26-27,51,53,64-65,67,70,72H,6,11-13,18-19,22,25,28-50,52,54-63H2,1-5H3,(H-,68,71,73,74)/b9-7+,10-8-,16-14-,17-15+,21-20-,24-23-,27-26-,53-51+. The van der Waals surface area contributed by atoms with Crippen molar-refractivity contribution >= 4 is 13.7 Å². The van der Waals surface area contributed by atoms with Crippen molar-refractivity contribution < 1.29 is 38.0 Å². The number of unbranched alkanes of at least 4 members (excludes halogenated alkanes) is 28. The van der Waals surface area contributed by atoms with Gasteiger partial charge in [-0.2, -0.15) is 0 Å². The van der Waals surface area contributed by atoms with Crippen LogP contribution in [0.5, 0.6) is 0 Å². The molecule has 0 aromatic carbocycles. The van der Waals surface area contributed by atoms with Crippen LogP contribution < -0.4 is 10.2 Å². The lowest BCUT2D eigenvalue weighted by Crippen LogP contribution is -2.51. The van der Waals surface area contributed by atoms with Crippen molar-refractivity contribution in [3.63, 3.8) is 0 Å². The van der Waals surface area contributed by atoms with Crippen LogP contribution in [0, 0.1) is 0 Å². The highest BCUT2D eigenvalue weighted by Crippen LogP contribution is 2.38. The Labute approximate surface area is 475 Å². The van der Waals surface area contributed by atoms with Crippen molar-refractivity contribution in [3.05, 3.63) is 97.2 Å². The Morgan fingerprint density at radius 1 is 0.494 bits per heavy atom. The van der Waals surface area contributed by atoms with Crippen molar-refractivity contribution in [2.45, 2.75) is 283 Å². The first-order chi connectivity index (χ1) is 37.4. The lowest BCUT2D eigenvalue weighted by Gasteiger charge is -2.31. The van der Waals surface area contributed by atoms with Crippen molar-refractivity contribution in [1.82, 2.24) is 5.32 Å². The molecule has 0 heterocycles. The summed E-state index contributed by atoms with van der Waals surface area (Å²) >= 11 is 0. The lowest BCUT2D eigenvalue weighted by molar-refractivity contribution is -0.870. The van der Waals surface area contributed by atoms with Crippen LogP contribution in [0.15, 0.2) is 97.2 Å². The van der Waals surface area contributed by atoms with Gasteiger partial charge >= 0.3 is 0 Å². The number of quaternary nitrogens is 1. The molecular weight excluding hydrogens is 976 g/mol. The van der Waals surface area contributed by atoms with Crippen LogP contribution in [0.4, 0.5) is 0 Å². The van der Waals surface area contributed by atoms with Gasteiger partial charge in [-0.15, -0.1) is 0 Å². The lowest BCUT2D eigenvalue weighted by atomic mass is 10.0. The van der Waals surface area contributed by atoms with E-state index in [0.717, 1.165) is 83.5 Å². The zero-order valence-corrected chi connectivity index (χ0v) is 51.4. The normalized spacial score (nSPS) is 14.9. The van der Waals surface area contributed by atoms with Crippen molar-refractivity contribution in [2.24, 2.45) is 0 Å². The summed E-state index contributed by atoms with van der Waals surface area (Å²) in [5, 5.41) is 24.7. The summed E-state index contributed by atoms with van der Waals surface area (Å²) in [5.41, 5.74) is 0. The molecule has 10 heteroatoms. The minimum Gasteiger partial charge on any atom is -0.756 e. The zero-order valence-electron chi connectivity index (χ0n) is 50.5. The molecule has 77 heavy (non-hydrogen) atoms. The second-order valence-corrected chi connectivity index (χ2v) is 23.9. The third kappa shape index (κ3) is 57.9. The third-order valence-corrected chi connectivity index (χ3v) is 14.9. The largest absolute Gasteiger partial charge is 0.756 e. The van der Waals surface area contributed by atoms with Gasteiger partial charge in [-0.05, 0) is 103 Å². The van der Waals surface area contributed by atoms with E-state index in [-0.39, 0.29) is 18.9 Å². The number of phosphoric ester groups is 1. The molecule has 0 aromatic rings. The van der Waals surface area contributed by atoms with E-state index < -0.39 is 32.7 Å². The van der Waals surface area contributed by atoms with Gasteiger partial charge in [0.25, 0.3) is 7.82 Å². The van der Waals surface area contributed by atoms with Gasteiger partial charge < -0.3 is 34.0 Å². The molecule has 9 nitrogen and oxygen atoms in total. The number of aliphatic hydroxyl groups excluding tert-OH is 2. The molecule has 4 unspecified atom stereocenters. The maximum absolute atomic E-state index is 13.0. The van der Waals surface area contributed by atoms with Crippen LogP contribution in [0.1, 0.15) is 264 Å². The predicted molar refractivity (Wildman–Crippen MR) is 331 cm³/mol. The van der Waals surface area contributed by atoms with Crippen molar-refractivity contribution in [2.75, 3.05) is 40.9 Å². The first-order valence-electron chi connectivity index (χ1n) is 31.6. The van der Waals surface area contributed by atoms with E-state index >= 15 is 0 Å². The van der Waals surface area contributed by atoms with Crippen LogP contribution >= 0.6 is 7.82 Å². The van der Waals surface area contributed by atoms with E-state index in [1.165, 1.54) is 141 Å². The second kappa shape index (κ2) is 56.6. The molecule has 4 atom stereocenters. The molecule has 446 valence electrons. The molecule has 0 aliphatic heterocycles. The molecule has 0 saturated carbocycles. The van der Waals surface area contributed by atoms with E-state index in [4.69, 9.17) is 9.05 Å². The number of carbonyl (C=O) groups is 1. The van der Waals surface area contributed by atoms with E-state index in [1.807, 2.05) is 28.1 Å². The summed E-state index contributed by atoms with van der Waals surface area (Å²) in [4.78, 5) is 25.5. The SMILES string of the molecule is C/C=C/CC/C=C/CC/C=C/CCCC(O)C(O)C(COP(=O)([O-])OCC[N+](C)(C)C)NC(=O)CCCCCCCCCCCCCCCCCCCCCCCCCCC/C=C\C/C=C\C/C=C\C/C=C\C/C=C\CC. The fraction of sp³-hybridized carbons (Fsp3) is 0.746. The van der Waals surface area contributed by atoms with Gasteiger partial charge in [0.2, 0.25) is 5.91 Å². The summed E-state index contributed by atoms with van der Waals surface area (Å²) in [6.07, 6.45) is 78.2. The molecule has 0 spiro atoms. The Hall–Kier alpha value is -2.62. The molecule has 0 rings (SSSR count). The van der Waals surface area contributed by atoms with Gasteiger partial charge in [0.05, 0.1) is 39.9 Å². The van der Waals surface area contributed by atoms with Crippen LogP contribution in [0.3, 0.4) is 0 Å². The number of aliphatic hydroxyl groups is 2. The molecule has 0 fully saturated rings. The van der Waals surface area contributed by atoms with E-state index in [1.54, 1.807) is 0 Å². The number of hydrogen-bond donors (Lipinski definition) is 3. The number of hydrogen-bond acceptors (Lipinski definition) is 7. The minimum absolute atomic E-state index is 0.0518. The Balaban J connectivity index is 3.94. The average Bonchev–Trinajstić information content (AvgIpc) is 3.39. The van der Waals surface area contributed by atoms with Crippen molar-refractivity contribution in [3.8, 4) is 0 Å². The number of nitrogens with one attached hydrogen (secondary N) is 1. The summed E-state index contributed by atoms with van der Waals surface area (Å²) in [6, 6.07) is -1.10. The number of allylic oxidation sites excluding steroid dienone is 16. The van der Waals surface area contributed by atoms with Gasteiger partial charge in [-0.1, -0.05) is 252 Å². The maximum Gasteiger partial charge on any atom is 0.268 e. The van der Waals surface area contributed by atoms with Gasteiger partial charge in [0, 0.05) is 6.42 Å². The van der Waals surface area contributed by atoms with Crippen LogP contribution in [0.2, 0.25) is 0 Å². The Morgan fingerprint density at radius 2 is 0.844 bits per heavy atom. The van der Waals surface area contributed by atoms with Crippen LogP contribution in [-0.2, 0) is 18.4 Å². The van der Waals surface area contributed by atoms with Gasteiger partial charge in [0.1, 0.15) is 19.3 Å². The van der Waals surface area contributed by atoms with Gasteiger partial charge in [0.15, 0.2) is 0 Å². The van der Waals surface area contributed by atoms with E-state index in [0.29, 0.717) is 30.3 Å². The number of nitrogens with zero attached hydrogens (tertiary/aromatic N) is 1. The Kier molecular flexibility index (Phi) is 54.7. The molecule has 3 N–H and O–H groups in total. The molecule has 0 aromatic heterocycles. The van der Waals surface area contributed by atoms with Crippen LogP contribution in [-0.4, -0.2) is 79.8 Å². The minimum atomic E-state index is -4.69. The molecular formula is C67H121N2O7P. The highest BCUT2D eigenvalue weighted by Gasteiger charge is 2.29. The maximum atomic E-state index is 13.0. The first kappa shape index (κ1) is 74.4. The summed E-state index contributed by atoms with van der Waals surface area (Å²) in [5.74, 6) is -0.294. The fourth-order valence-corrected chi connectivity index (χ4v) is 9.75. The second-order valence-electron chi connectivity index (χ2n) is 22.5. The summed E-state index contributed by atoms with van der Waals surface area (Å²) in [7, 11) is 1.09. The molecule has 0 aliphatic carbocycles. The molecule has 0 aliphatic rings. The number of phosphoric acid groups is 1. The fourth-order valence-electron chi connectivity index (χ4n) is 9.03. The predicted octanol–water partition coefficient (Wildman–Crippen LogP) is 18.1. The van der Waals surface area contributed by atoms with E-state index in [2.05, 4.69) is 109 Å². The highest BCUT2D eigenvalue weighted by molar-refractivity contribution is 7.45. The first-order valence-corrected chi connectivity index (χ1v) is 33.1. The summed E-state index contributed by atoms with van der Waals surface area (Å²) in [6.45, 7) is 4.09. The average molecular weight is 1100 g/mol. The number of carbonyl (C=O) groups excluding carboxylic acids is 1. The van der Waals surface area contributed by atoms with Crippen molar-refractivity contribution in [1.29, 1.82) is 0 Å². The third-order valence-electron chi connectivity index (χ3n) is 13.9. The Morgan fingerprint density at radius 3 is 1.26 bits per heavy atom. The number of rotatable bonds is 57. The molecule has 0 bridgehead atoms. The quantitative estimate of drug-likeness (QED) is 0.0239. The Bertz CT molecular complexity index is 1590. The highest BCUT2D eigenvalue weighted by atomic mass is 31.2. The molecule has 1 amide bonds.